The maximum atomic E-state index is 13.6. The van der Waals surface area contributed by atoms with Crippen molar-refractivity contribution < 1.29 is 23.9 Å². The third-order valence-corrected chi connectivity index (χ3v) is 9.89. The number of nitrogens with zero attached hydrogens (tertiary/aromatic N) is 1. The number of hydrogen-bond donors (Lipinski definition) is 2. The molecule has 2 heterocycles. The van der Waals surface area contributed by atoms with E-state index in [0.29, 0.717) is 47.0 Å². The maximum absolute atomic E-state index is 13.6. The first-order chi connectivity index (χ1) is 21.4. The summed E-state index contributed by atoms with van der Waals surface area (Å²) in [5, 5.41) is 6.10. The molecule has 4 aromatic rings. The first-order valence-electron chi connectivity index (χ1n) is 14.4. The third kappa shape index (κ3) is 7.50. The molecule has 8 nitrogen and oxygen atoms in total. The van der Waals surface area contributed by atoms with Crippen molar-refractivity contribution in [3.05, 3.63) is 106 Å². The van der Waals surface area contributed by atoms with Crippen LogP contribution in [-0.4, -0.2) is 48.7 Å². The first-order valence-corrected chi connectivity index (χ1v) is 16.1. The van der Waals surface area contributed by atoms with Gasteiger partial charge in [-0.15, -0.1) is 23.1 Å². The van der Waals surface area contributed by atoms with E-state index in [1.165, 1.54) is 35.8 Å². The summed E-state index contributed by atoms with van der Waals surface area (Å²) in [5.74, 6) is -0.181. The Balaban J connectivity index is 1.27. The van der Waals surface area contributed by atoms with Gasteiger partial charge in [0.2, 0.25) is 5.91 Å². The van der Waals surface area contributed by atoms with Crippen LogP contribution in [-0.2, 0) is 29.0 Å². The van der Waals surface area contributed by atoms with Crippen molar-refractivity contribution in [3.8, 4) is 5.75 Å². The third-order valence-electron chi connectivity index (χ3n) is 7.40. The number of benzene rings is 3. The summed E-state index contributed by atoms with van der Waals surface area (Å²) in [5.41, 5.74) is 3.80. The van der Waals surface area contributed by atoms with Crippen LogP contribution in [0.15, 0.2) is 83.8 Å². The van der Waals surface area contributed by atoms with Crippen molar-refractivity contribution in [2.75, 3.05) is 31.4 Å². The van der Waals surface area contributed by atoms with Crippen molar-refractivity contribution in [2.45, 2.75) is 43.0 Å². The van der Waals surface area contributed by atoms with Gasteiger partial charge in [0.1, 0.15) is 10.8 Å². The summed E-state index contributed by atoms with van der Waals surface area (Å²) in [6, 6.07) is 24.6. The van der Waals surface area contributed by atoms with Crippen molar-refractivity contribution in [2.24, 2.45) is 0 Å². The molecule has 5 rings (SSSR count). The van der Waals surface area contributed by atoms with Gasteiger partial charge in [-0.25, -0.2) is 4.79 Å². The lowest BCUT2D eigenvalue weighted by Gasteiger charge is -2.27. The Kier molecular flexibility index (Phi) is 10.4. The number of ether oxygens (including phenoxy) is 2. The topological polar surface area (TPSA) is 97.0 Å². The summed E-state index contributed by atoms with van der Waals surface area (Å²) in [7, 11) is 2.95. The molecule has 0 bridgehead atoms. The van der Waals surface area contributed by atoms with Gasteiger partial charge in [-0.05, 0) is 66.4 Å². The molecule has 0 saturated heterocycles. The fourth-order valence-electron chi connectivity index (χ4n) is 5.11. The minimum Gasteiger partial charge on any atom is -0.497 e. The number of nitrogens with one attached hydrogen (secondary N) is 2. The van der Waals surface area contributed by atoms with Crippen LogP contribution in [0.1, 0.15) is 50.1 Å². The van der Waals surface area contributed by atoms with Crippen LogP contribution in [0.4, 0.5) is 10.7 Å². The average Bonchev–Trinajstić information content (AvgIpc) is 3.40. The fraction of sp³-hybridized carbons (Fsp3) is 0.265. The van der Waals surface area contributed by atoms with Crippen molar-refractivity contribution in [1.29, 1.82) is 0 Å². The minimum absolute atomic E-state index is 0.185. The lowest BCUT2D eigenvalue weighted by molar-refractivity contribution is -0.115. The number of anilines is 2. The number of carbonyl (C=O) groups is 3. The van der Waals surface area contributed by atoms with Crippen LogP contribution in [0.25, 0.3) is 0 Å². The highest BCUT2D eigenvalue weighted by Gasteiger charge is 2.30. The molecule has 228 valence electrons. The second-order valence-corrected chi connectivity index (χ2v) is 12.7. The number of thiophene rings is 1. The van der Waals surface area contributed by atoms with E-state index in [9.17, 15) is 14.4 Å². The Morgan fingerprint density at radius 2 is 1.75 bits per heavy atom. The SMILES string of the molecule is CCC(Sc1cccc(NC(=O)c2ccc(OC)cc2)c1)C(=O)Nc1sc2c(c1C(=O)OC)CCN(Cc1ccccc1)C2. The van der Waals surface area contributed by atoms with E-state index in [-0.39, 0.29) is 11.8 Å². The molecule has 1 aliphatic heterocycles. The van der Waals surface area contributed by atoms with Crippen LogP contribution in [0.2, 0.25) is 0 Å². The zero-order valence-electron chi connectivity index (χ0n) is 24.9. The number of methoxy groups -OCH3 is 2. The molecule has 1 aliphatic rings. The van der Waals surface area contributed by atoms with Gasteiger partial charge >= 0.3 is 5.97 Å². The van der Waals surface area contributed by atoms with Gasteiger partial charge in [0, 0.05) is 40.7 Å². The first kappa shape index (κ1) is 31.3. The van der Waals surface area contributed by atoms with Crippen LogP contribution in [0.5, 0.6) is 5.75 Å². The fourth-order valence-corrected chi connectivity index (χ4v) is 7.41. The van der Waals surface area contributed by atoms with E-state index in [1.807, 2.05) is 49.4 Å². The van der Waals surface area contributed by atoms with Crippen molar-refractivity contribution in [1.82, 2.24) is 4.90 Å². The number of rotatable bonds is 11. The second kappa shape index (κ2) is 14.6. The predicted molar refractivity (Wildman–Crippen MR) is 176 cm³/mol. The molecule has 3 aromatic carbocycles. The highest BCUT2D eigenvalue weighted by atomic mass is 32.2. The molecular weight excluding hydrogens is 595 g/mol. The zero-order valence-corrected chi connectivity index (χ0v) is 26.6. The smallest absolute Gasteiger partial charge is 0.341 e. The Bertz CT molecular complexity index is 1620. The Labute approximate surface area is 265 Å². The van der Waals surface area contributed by atoms with E-state index < -0.39 is 11.2 Å². The normalized spacial score (nSPS) is 13.4. The molecule has 2 N–H and O–H groups in total. The molecule has 0 saturated carbocycles. The van der Waals surface area contributed by atoms with Crippen LogP contribution >= 0.6 is 23.1 Å². The molecule has 2 amide bonds. The second-order valence-electron chi connectivity index (χ2n) is 10.4. The Hall–Kier alpha value is -4.12. The molecular formula is C34H35N3O5S2. The van der Waals surface area contributed by atoms with Gasteiger partial charge in [-0.2, -0.15) is 0 Å². The summed E-state index contributed by atoms with van der Waals surface area (Å²) < 4.78 is 10.3. The number of amides is 2. The van der Waals surface area contributed by atoms with Gasteiger partial charge in [-0.1, -0.05) is 43.3 Å². The van der Waals surface area contributed by atoms with Crippen molar-refractivity contribution >= 4 is 51.6 Å². The Morgan fingerprint density at radius 1 is 0.977 bits per heavy atom. The van der Waals surface area contributed by atoms with E-state index in [1.54, 1.807) is 31.4 Å². The molecule has 0 spiro atoms. The summed E-state index contributed by atoms with van der Waals surface area (Å²) in [4.78, 5) is 43.5. The van der Waals surface area contributed by atoms with E-state index >= 15 is 0 Å². The van der Waals surface area contributed by atoms with Crippen molar-refractivity contribution in [3.63, 3.8) is 0 Å². The van der Waals surface area contributed by atoms with Gasteiger partial charge in [0.15, 0.2) is 0 Å². The highest BCUT2D eigenvalue weighted by Crippen LogP contribution is 2.39. The van der Waals surface area contributed by atoms with Crippen LogP contribution in [0, 0.1) is 0 Å². The lowest BCUT2D eigenvalue weighted by atomic mass is 10.0. The molecule has 0 radical (unpaired) electrons. The molecule has 0 aliphatic carbocycles. The van der Waals surface area contributed by atoms with E-state index in [0.717, 1.165) is 28.4 Å². The van der Waals surface area contributed by atoms with E-state index in [2.05, 4.69) is 27.7 Å². The lowest BCUT2D eigenvalue weighted by Crippen LogP contribution is -2.30. The molecule has 10 heteroatoms. The number of fused-ring (bicyclic) bond motifs is 1. The Morgan fingerprint density at radius 3 is 2.45 bits per heavy atom. The average molecular weight is 630 g/mol. The number of thioether (sulfide) groups is 1. The molecule has 1 unspecified atom stereocenters. The van der Waals surface area contributed by atoms with Gasteiger partial charge in [0.05, 0.1) is 25.0 Å². The zero-order chi connectivity index (χ0) is 31.1. The quantitative estimate of drug-likeness (QED) is 0.138. The monoisotopic (exact) mass is 629 g/mol. The number of esters is 1. The molecule has 1 aromatic heterocycles. The predicted octanol–water partition coefficient (Wildman–Crippen LogP) is 6.86. The standard InChI is InChI=1S/C34H35N3O5S2/c1-4-28(43-26-12-8-11-24(19-26)35-31(38)23-13-15-25(41-2)16-14-23)32(39)36-33-30(34(40)42-3)27-17-18-37(21-29(27)44-33)20-22-9-6-5-7-10-22/h5-16,19,28H,4,17-18,20-21H2,1-3H3,(H,35,38)(H,36,39). The highest BCUT2D eigenvalue weighted by molar-refractivity contribution is 8.00. The molecule has 44 heavy (non-hydrogen) atoms. The number of hydrogen-bond acceptors (Lipinski definition) is 8. The van der Waals surface area contributed by atoms with Crippen LogP contribution in [0.3, 0.4) is 0 Å². The minimum atomic E-state index is -0.435. The largest absolute Gasteiger partial charge is 0.497 e. The molecule has 1 atom stereocenters. The summed E-state index contributed by atoms with van der Waals surface area (Å²) >= 11 is 2.87. The van der Waals surface area contributed by atoms with Gasteiger partial charge in [-0.3, -0.25) is 14.5 Å². The maximum Gasteiger partial charge on any atom is 0.341 e. The van der Waals surface area contributed by atoms with Gasteiger partial charge < -0.3 is 20.1 Å². The van der Waals surface area contributed by atoms with Crippen LogP contribution < -0.4 is 15.4 Å². The van der Waals surface area contributed by atoms with E-state index in [4.69, 9.17) is 9.47 Å². The van der Waals surface area contributed by atoms with Gasteiger partial charge in [0.25, 0.3) is 5.91 Å². The number of carbonyl (C=O) groups excluding carboxylic acids is 3. The summed E-state index contributed by atoms with van der Waals surface area (Å²) in [6.45, 7) is 4.29. The summed E-state index contributed by atoms with van der Waals surface area (Å²) in [6.07, 6.45) is 1.28. The molecule has 0 fully saturated rings.